The number of aromatic nitrogens is 3. The number of nitrogens with zero attached hydrogens (tertiary/aromatic N) is 5. The first-order chi connectivity index (χ1) is 16.2. The first-order valence-electron chi connectivity index (χ1n) is 11.3. The molecule has 0 N–H and O–H groups in total. The van der Waals surface area contributed by atoms with Crippen molar-refractivity contribution in [2.75, 3.05) is 29.4 Å². The van der Waals surface area contributed by atoms with Gasteiger partial charge in [0.25, 0.3) is 5.56 Å². The predicted molar refractivity (Wildman–Crippen MR) is 131 cm³/mol. The van der Waals surface area contributed by atoms with Crippen molar-refractivity contribution in [1.82, 2.24) is 14.8 Å². The summed E-state index contributed by atoms with van der Waals surface area (Å²) in [6, 6.07) is 17.7. The van der Waals surface area contributed by atoms with E-state index in [1.165, 1.54) is 16.0 Å². The number of hydrogen-bond donors (Lipinski definition) is 0. The summed E-state index contributed by atoms with van der Waals surface area (Å²) in [7, 11) is 0. The second kappa shape index (κ2) is 8.12. The molecule has 33 heavy (non-hydrogen) atoms. The first-order valence-corrected chi connectivity index (χ1v) is 12.1. The highest BCUT2D eigenvalue weighted by Crippen LogP contribution is 2.35. The number of anilines is 2. The maximum atomic E-state index is 13.4. The Morgan fingerprint density at radius 3 is 2.55 bits per heavy atom. The van der Waals surface area contributed by atoms with Crippen molar-refractivity contribution in [2.24, 2.45) is 0 Å². The molecule has 0 unspecified atom stereocenters. The standard InChI is InChI=1S/C25H23N5O2S/c31-20(29-15-12-17-8-4-5-11-19(17)29)16-30-24(32)22-23(21(27-30)18-9-2-1-3-10-18)33-25(26-22)28-13-6-7-14-28/h1-5,8-11H,6-7,12-16H2. The minimum atomic E-state index is -0.313. The van der Waals surface area contributed by atoms with Crippen LogP contribution in [0.15, 0.2) is 59.4 Å². The monoisotopic (exact) mass is 457 g/mol. The van der Waals surface area contributed by atoms with E-state index in [2.05, 4.69) is 10.00 Å². The zero-order valence-corrected chi connectivity index (χ0v) is 18.9. The van der Waals surface area contributed by atoms with Gasteiger partial charge in [-0.15, -0.1) is 0 Å². The van der Waals surface area contributed by atoms with Gasteiger partial charge in [-0.25, -0.2) is 9.67 Å². The molecule has 8 heteroatoms. The van der Waals surface area contributed by atoms with Crippen molar-refractivity contribution < 1.29 is 4.79 Å². The smallest absolute Gasteiger partial charge is 0.294 e. The van der Waals surface area contributed by atoms with Crippen molar-refractivity contribution in [1.29, 1.82) is 0 Å². The van der Waals surface area contributed by atoms with E-state index in [0.29, 0.717) is 17.8 Å². The Morgan fingerprint density at radius 2 is 1.73 bits per heavy atom. The van der Waals surface area contributed by atoms with Gasteiger partial charge < -0.3 is 9.80 Å². The van der Waals surface area contributed by atoms with Gasteiger partial charge in [-0.1, -0.05) is 59.9 Å². The SMILES string of the molecule is O=C(Cn1nc(-c2ccccc2)c2sc(N3CCCC3)nc2c1=O)N1CCc2ccccc21. The number of thiazole rings is 1. The third-order valence-corrected chi connectivity index (χ3v) is 7.51. The predicted octanol–water partition coefficient (Wildman–Crippen LogP) is 3.71. The highest BCUT2D eigenvalue weighted by atomic mass is 32.1. The molecule has 2 aliphatic heterocycles. The lowest BCUT2D eigenvalue weighted by Crippen LogP contribution is -2.36. The van der Waals surface area contributed by atoms with Crippen molar-refractivity contribution in [3.05, 3.63) is 70.5 Å². The number of fused-ring (bicyclic) bond motifs is 2. The largest absolute Gasteiger partial charge is 0.348 e. The molecule has 2 aromatic heterocycles. The molecule has 2 aliphatic rings. The van der Waals surface area contributed by atoms with E-state index in [0.717, 1.165) is 59.0 Å². The number of amides is 1. The van der Waals surface area contributed by atoms with Crippen LogP contribution in [0.2, 0.25) is 0 Å². The molecule has 1 amide bonds. The van der Waals surface area contributed by atoms with E-state index < -0.39 is 0 Å². The van der Waals surface area contributed by atoms with Gasteiger partial charge >= 0.3 is 0 Å². The molecule has 1 saturated heterocycles. The molecule has 2 aromatic carbocycles. The fourth-order valence-electron chi connectivity index (χ4n) is 4.69. The highest BCUT2D eigenvalue weighted by Gasteiger charge is 2.27. The molecule has 0 spiro atoms. The van der Waals surface area contributed by atoms with Crippen LogP contribution >= 0.6 is 11.3 Å². The summed E-state index contributed by atoms with van der Waals surface area (Å²) in [6.07, 6.45) is 3.09. The second-order valence-electron chi connectivity index (χ2n) is 8.47. The average Bonchev–Trinajstić information content (AvgIpc) is 3.60. The Kier molecular flexibility index (Phi) is 4.95. The summed E-state index contributed by atoms with van der Waals surface area (Å²) in [5, 5.41) is 5.54. The zero-order valence-electron chi connectivity index (χ0n) is 18.1. The molecule has 7 nitrogen and oxygen atoms in total. The van der Waals surface area contributed by atoms with E-state index in [9.17, 15) is 9.59 Å². The Balaban J connectivity index is 1.43. The van der Waals surface area contributed by atoms with E-state index in [4.69, 9.17) is 4.98 Å². The summed E-state index contributed by atoms with van der Waals surface area (Å²) in [4.78, 5) is 35.3. The molecule has 0 atom stereocenters. The van der Waals surface area contributed by atoms with Crippen molar-refractivity contribution in [3.63, 3.8) is 0 Å². The van der Waals surface area contributed by atoms with Crippen LogP contribution in [0.3, 0.4) is 0 Å². The minimum absolute atomic E-state index is 0.112. The van der Waals surface area contributed by atoms with Crippen molar-refractivity contribution >= 4 is 38.3 Å². The molecular formula is C25H23N5O2S. The van der Waals surface area contributed by atoms with Gasteiger partial charge in [0, 0.05) is 30.9 Å². The normalized spacial score (nSPS) is 15.4. The van der Waals surface area contributed by atoms with Gasteiger partial charge in [-0.05, 0) is 30.9 Å². The third kappa shape index (κ3) is 3.51. The Labute approximate surface area is 194 Å². The lowest BCUT2D eigenvalue weighted by atomic mass is 10.1. The van der Waals surface area contributed by atoms with E-state index in [1.807, 2.05) is 54.6 Å². The van der Waals surface area contributed by atoms with E-state index in [-0.39, 0.29) is 18.0 Å². The quantitative estimate of drug-likeness (QED) is 0.467. The number of benzene rings is 2. The molecule has 4 aromatic rings. The van der Waals surface area contributed by atoms with Crippen LogP contribution in [0.4, 0.5) is 10.8 Å². The third-order valence-electron chi connectivity index (χ3n) is 6.39. The van der Waals surface area contributed by atoms with Crippen molar-refractivity contribution in [2.45, 2.75) is 25.8 Å². The van der Waals surface area contributed by atoms with Gasteiger partial charge in [0.2, 0.25) is 5.91 Å². The molecular weight excluding hydrogens is 434 g/mol. The van der Waals surface area contributed by atoms with Gasteiger partial charge in [-0.3, -0.25) is 9.59 Å². The summed E-state index contributed by atoms with van der Waals surface area (Å²) in [6.45, 7) is 2.42. The van der Waals surface area contributed by atoms with Gasteiger partial charge in [-0.2, -0.15) is 5.10 Å². The minimum Gasteiger partial charge on any atom is -0.348 e. The van der Waals surface area contributed by atoms with Crippen molar-refractivity contribution in [3.8, 4) is 11.3 Å². The summed E-state index contributed by atoms with van der Waals surface area (Å²) >= 11 is 1.52. The van der Waals surface area contributed by atoms with Gasteiger partial charge in [0.1, 0.15) is 12.2 Å². The van der Waals surface area contributed by atoms with Crippen LogP contribution in [0, 0.1) is 0 Å². The molecule has 0 radical (unpaired) electrons. The number of carbonyl (C=O) groups excluding carboxylic acids is 1. The van der Waals surface area contributed by atoms with Crippen LogP contribution < -0.4 is 15.4 Å². The number of carbonyl (C=O) groups is 1. The number of para-hydroxylation sites is 1. The zero-order chi connectivity index (χ0) is 22.4. The van der Waals surface area contributed by atoms with Crippen LogP contribution in [-0.4, -0.2) is 40.3 Å². The van der Waals surface area contributed by atoms with Gasteiger partial charge in [0.05, 0.1) is 4.70 Å². The van der Waals surface area contributed by atoms with Crippen LogP contribution in [-0.2, 0) is 17.8 Å². The van der Waals surface area contributed by atoms with Crippen LogP contribution in [0.5, 0.6) is 0 Å². The Hall–Kier alpha value is -3.52. The van der Waals surface area contributed by atoms with Crippen LogP contribution in [0.1, 0.15) is 18.4 Å². The number of rotatable bonds is 4. The van der Waals surface area contributed by atoms with E-state index >= 15 is 0 Å². The molecule has 4 heterocycles. The Bertz CT molecular complexity index is 1410. The summed E-state index contributed by atoms with van der Waals surface area (Å²) < 4.78 is 2.07. The van der Waals surface area contributed by atoms with E-state index in [1.54, 1.807) is 4.90 Å². The molecule has 6 rings (SSSR count). The molecule has 0 bridgehead atoms. The molecule has 1 fully saturated rings. The topological polar surface area (TPSA) is 71.3 Å². The fraction of sp³-hybridized carbons (Fsp3) is 0.280. The average molecular weight is 458 g/mol. The molecule has 0 saturated carbocycles. The summed E-state index contributed by atoms with van der Waals surface area (Å²) in [5.74, 6) is -0.136. The summed E-state index contributed by atoms with van der Waals surface area (Å²) in [5.41, 5.74) is 3.76. The highest BCUT2D eigenvalue weighted by molar-refractivity contribution is 7.22. The number of hydrogen-bond acceptors (Lipinski definition) is 6. The fourth-order valence-corrected chi connectivity index (χ4v) is 5.81. The second-order valence-corrected chi connectivity index (χ2v) is 9.45. The maximum absolute atomic E-state index is 13.4. The molecule has 0 aliphatic carbocycles. The van der Waals surface area contributed by atoms with Crippen LogP contribution in [0.25, 0.3) is 21.5 Å². The van der Waals surface area contributed by atoms with Gasteiger partial charge in [0.15, 0.2) is 10.6 Å². The Morgan fingerprint density at radius 1 is 0.970 bits per heavy atom. The molecule has 166 valence electrons. The maximum Gasteiger partial charge on any atom is 0.294 e. The first kappa shape index (κ1) is 20.1. The lowest BCUT2D eigenvalue weighted by Gasteiger charge is -2.18. The lowest BCUT2D eigenvalue weighted by molar-refractivity contribution is -0.119.